The van der Waals surface area contributed by atoms with Crippen LogP contribution in [0.15, 0.2) is 65.4 Å². The van der Waals surface area contributed by atoms with Gasteiger partial charge in [-0.2, -0.15) is 11.3 Å². The number of anilines is 1. The third kappa shape index (κ3) is 7.27. The Kier molecular flexibility index (Phi) is 7.84. The highest BCUT2D eigenvalue weighted by atomic mass is 32.1. The average molecular weight is 476 g/mol. The minimum absolute atomic E-state index is 0.472. The van der Waals surface area contributed by atoms with Gasteiger partial charge in [-0.15, -0.1) is 0 Å². The molecule has 1 atom stereocenters. The maximum atomic E-state index is 12.3. The minimum Gasteiger partial charge on any atom is -0.493 e. The highest BCUT2D eigenvalue weighted by molar-refractivity contribution is 7.46. The Morgan fingerprint density at radius 1 is 1.09 bits per heavy atom. The van der Waals surface area contributed by atoms with Crippen LogP contribution >= 0.6 is 19.2 Å². The molecule has 32 heavy (non-hydrogen) atoms. The Balaban J connectivity index is 1.46. The monoisotopic (exact) mass is 476 g/mol. The second-order valence-corrected chi connectivity index (χ2v) is 9.49. The summed E-state index contributed by atoms with van der Waals surface area (Å²) in [6.45, 7) is 1.20. The summed E-state index contributed by atoms with van der Waals surface area (Å²) < 4.78 is 20.9. The van der Waals surface area contributed by atoms with Gasteiger partial charge in [-0.05, 0) is 64.7 Å². The van der Waals surface area contributed by atoms with Crippen molar-refractivity contribution in [3.8, 4) is 16.9 Å². The molecule has 0 aliphatic carbocycles. The van der Waals surface area contributed by atoms with Crippen molar-refractivity contribution < 1.29 is 28.4 Å². The van der Waals surface area contributed by atoms with E-state index in [0.29, 0.717) is 18.0 Å². The topological polar surface area (TPSA) is 131 Å². The molecule has 0 radical (unpaired) electrons. The van der Waals surface area contributed by atoms with E-state index in [2.05, 4.69) is 50.9 Å². The average Bonchev–Trinajstić information content (AvgIpc) is 3.29. The molecule has 0 saturated heterocycles. The number of hydrogen-bond donors (Lipinski definition) is 4. The molecule has 1 amide bonds. The lowest BCUT2D eigenvalue weighted by Crippen LogP contribution is -2.52. The zero-order chi connectivity index (χ0) is 23.2. The molecule has 0 fully saturated rings. The first kappa shape index (κ1) is 24.1. The van der Waals surface area contributed by atoms with Gasteiger partial charge < -0.3 is 25.6 Å². The largest absolute Gasteiger partial charge is 0.493 e. The quantitative estimate of drug-likeness (QED) is 0.327. The predicted octanol–water partition coefficient (Wildman–Crippen LogP) is 3.80. The highest BCUT2D eigenvalue weighted by Crippen LogP contribution is 2.36. The number of phosphoric acid groups is 1. The van der Waals surface area contributed by atoms with Gasteiger partial charge in [0.1, 0.15) is 11.3 Å². The fourth-order valence-corrected chi connectivity index (χ4v) is 3.87. The molecule has 0 bridgehead atoms. The van der Waals surface area contributed by atoms with E-state index >= 15 is 0 Å². The maximum absolute atomic E-state index is 12.3. The molecule has 1 unspecified atom stereocenters. The summed E-state index contributed by atoms with van der Waals surface area (Å²) in [4.78, 5) is 29.8. The maximum Gasteiger partial charge on any atom is 0.469 e. The molecule has 3 rings (SSSR count). The second-order valence-electron chi connectivity index (χ2n) is 7.47. The van der Waals surface area contributed by atoms with Crippen LogP contribution in [0.2, 0.25) is 0 Å². The van der Waals surface area contributed by atoms with Crippen molar-refractivity contribution in [3.05, 3.63) is 70.9 Å². The zero-order valence-corrected chi connectivity index (χ0v) is 19.1. The molecule has 8 nitrogen and oxygen atoms in total. The number of ether oxygens (including phenoxy) is 1. The molecule has 10 heteroatoms. The van der Waals surface area contributed by atoms with Crippen LogP contribution < -0.4 is 15.8 Å². The van der Waals surface area contributed by atoms with Crippen molar-refractivity contribution in [1.82, 2.24) is 0 Å². The molecule has 170 valence electrons. The van der Waals surface area contributed by atoms with E-state index in [-0.39, 0.29) is 0 Å². The number of nitrogens with two attached hydrogens (primary N) is 1. The predicted molar refractivity (Wildman–Crippen MR) is 125 cm³/mol. The van der Waals surface area contributed by atoms with Crippen LogP contribution in [0.3, 0.4) is 0 Å². The van der Waals surface area contributed by atoms with Gasteiger partial charge in [-0.1, -0.05) is 24.3 Å². The first-order valence-corrected chi connectivity index (χ1v) is 12.2. The summed E-state index contributed by atoms with van der Waals surface area (Å²) in [7, 11) is -4.71. The number of carbonyl (C=O) groups excluding carboxylic acids is 1. The lowest BCUT2D eigenvalue weighted by atomic mass is 10.0. The molecule has 0 aliphatic rings. The van der Waals surface area contributed by atoms with Gasteiger partial charge in [0.15, 0.2) is 0 Å². The van der Waals surface area contributed by atoms with Crippen molar-refractivity contribution in [2.24, 2.45) is 5.73 Å². The molecule has 0 saturated carbocycles. The van der Waals surface area contributed by atoms with E-state index in [1.54, 1.807) is 35.6 Å². The van der Waals surface area contributed by atoms with E-state index in [1.165, 1.54) is 23.6 Å². The Morgan fingerprint density at radius 2 is 1.78 bits per heavy atom. The van der Waals surface area contributed by atoms with Gasteiger partial charge in [0, 0.05) is 12.1 Å². The van der Waals surface area contributed by atoms with Crippen molar-refractivity contribution in [3.63, 3.8) is 0 Å². The number of rotatable bonds is 10. The molecule has 3 aromatic rings. The standard InChI is InChI=1S/C22H25N2O6PS/c1-22(23,15-30-31(26,27)28)21(25)24-19-6-8-20(9-7-19)29-12-10-16-2-4-17(5-3-16)18-11-13-32-14-18/h2-9,11,13-14H,10,12,15,23H2,1H3,(H,24,25)(H2,26,27,28). The summed E-state index contributed by atoms with van der Waals surface area (Å²) in [6, 6.07) is 17.2. The number of phosphoric ester groups is 1. The number of nitrogens with one attached hydrogen (secondary N) is 1. The third-order valence-electron chi connectivity index (χ3n) is 4.63. The van der Waals surface area contributed by atoms with E-state index in [9.17, 15) is 9.36 Å². The molecular formula is C22H25N2O6PS. The lowest BCUT2D eigenvalue weighted by molar-refractivity contribution is -0.121. The van der Waals surface area contributed by atoms with Crippen LogP contribution in [0.25, 0.3) is 11.1 Å². The van der Waals surface area contributed by atoms with Gasteiger partial charge in [-0.3, -0.25) is 9.32 Å². The first-order valence-electron chi connectivity index (χ1n) is 9.77. The van der Waals surface area contributed by atoms with Crippen LogP contribution in [0.1, 0.15) is 12.5 Å². The third-order valence-corrected chi connectivity index (χ3v) is 5.78. The molecular weight excluding hydrogens is 451 g/mol. The number of thiophene rings is 1. The summed E-state index contributed by atoms with van der Waals surface area (Å²) >= 11 is 1.67. The Bertz CT molecular complexity index is 1060. The van der Waals surface area contributed by atoms with Crippen LogP contribution in [0.5, 0.6) is 5.75 Å². The van der Waals surface area contributed by atoms with Gasteiger partial charge in [-0.25, -0.2) is 4.57 Å². The van der Waals surface area contributed by atoms with Crippen molar-refractivity contribution in [2.45, 2.75) is 18.9 Å². The minimum atomic E-state index is -4.71. The van der Waals surface area contributed by atoms with E-state index in [1.807, 2.05) is 0 Å². The van der Waals surface area contributed by atoms with Gasteiger partial charge in [0.25, 0.3) is 0 Å². The Hall–Kier alpha value is -2.52. The van der Waals surface area contributed by atoms with Gasteiger partial charge in [0.05, 0.1) is 13.2 Å². The van der Waals surface area contributed by atoms with Crippen LogP contribution in [0.4, 0.5) is 5.69 Å². The molecule has 2 aromatic carbocycles. The van der Waals surface area contributed by atoms with E-state index in [4.69, 9.17) is 20.3 Å². The molecule has 0 spiro atoms. The number of hydrogen-bond acceptors (Lipinski definition) is 6. The Morgan fingerprint density at radius 3 is 2.38 bits per heavy atom. The van der Waals surface area contributed by atoms with Gasteiger partial charge in [0.2, 0.25) is 5.91 Å². The van der Waals surface area contributed by atoms with Crippen molar-refractivity contribution in [1.29, 1.82) is 0 Å². The number of benzene rings is 2. The normalized spacial score (nSPS) is 13.4. The summed E-state index contributed by atoms with van der Waals surface area (Å²) in [5.41, 5.74) is 8.23. The summed E-state index contributed by atoms with van der Waals surface area (Å²) in [5.74, 6) is 0.0174. The van der Waals surface area contributed by atoms with Crippen molar-refractivity contribution >= 4 is 30.8 Å². The molecule has 0 aliphatic heterocycles. The molecule has 1 heterocycles. The SMILES string of the molecule is CC(N)(COP(=O)(O)O)C(=O)Nc1ccc(OCCc2ccc(-c3ccsc3)cc2)cc1. The smallest absolute Gasteiger partial charge is 0.469 e. The lowest BCUT2D eigenvalue weighted by Gasteiger charge is -2.23. The van der Waals surface area contributed by atoms with E-state index in [0.717, 1.165) is 6.42 Å². The van der Waals surface area contributed by atoms with Gasteiger partial charge >= 0.3 is 7.82 Å². The van der Waals surface area contributed by atoms with Crippen LogP contribution in [0, 0.1) is 0 Å². The molecule has 1 aromatic heterocycles. The van der Waals surface area contributed by atoms with Crippen LogP contribution in [-0.2, 0) is 20.3 Å². The van der Waals surface area contributed by atoms with Crippen LogP contribution in [-0.4, -0.2) is 34.4 Å². The first-order chi connectivity index (χ1) is 15.1. The Labute approximate surface area is 190 Å². The van der Waals surface area contributed by atoms with E-state index < -0.39 is 25.9 Å². The second kappa shape index (κ2) is 10.4. The number of carbonyl (C=O) groups is 1. The fraction of sp³-hybridized carbons (Fsp3) is 0.227. The van der Waals surface area contributed by atoms with Crippen molar-refractivity contribution in [2.75, 3.05) is 18.5 Å². The zero-order valence-electron chi connectivity index (χ0n) is 17.4. The fourth-order valence-electron chi connectivity index (χ4n) is 2.77. The highest BCUT2D eigenvalue weighted by Gasteiger charge is 2.32. The summed E-state index contributed by atoms with van der Waals surface area (Å²) in [5, 5.41) is 6.77. The number of amides is 1. The summed E-state index contributed by atoms with van der Waals surface area (Å²) in [6.07, 6.45) is 0.757. The molecule has 5 N–H and O–H groups in total.